The number of aliphatic carboxylic acids is 1. The van der Waals surface area contributed by atoms with Gasteiger partial charge in [-0.1, -0.05) is 26.0 Å². The van der Waals surface area contributed by atoms with E-state index in [1.807, 2.05) is 38.1 Å². The molecule has 1 rings (SSSR count). The van der Waals surface area contributed by atoms with Gasteiger partial charge in [-0.2, -0.15) is 0 Å². The summed E-state index contributed by atoms with van der Waals surface area (Å²) in [5.74, 6) is -0.801. The van der Waals surface area contributed by atoms with Crippen LogP contribution in [-0.2, 0) is 11.3 Å². The van der Waals surface area contributed by atoms with Gasteiger partial charge in [-0.05, 0) is 23.6 Å². The van der Waals surface area contributed by atoms with E-state index in [1.54, 1.807) is 0 Å². The SMILES string of the molecule is CC(C)[C@H](Nc1ccc(CN)cc1)C(=O)O. The monoisotopic (exact) mass is 222 g/mol. The normalized spacial score (nSPS) is 12.5. The van der Waals surface area contributed by atoms with Gasteiger partial charge in [0.05, 0.1) is 0 Å². The van der Waals surface area contributed by atoms with Crippen LogP contribution in [0.1, 0.15) is 19.4 Å². The molecular weight excluding hydrogens is 204 g/mol. The number of carbonyl (C=O) groups is 1. The zero-order valence-corrected chi connectivity index (χ0v) is 9.60. The van der Waals surface area contributed by atoms with Crippen LogP contribution in [0.3, 0.4) is 0 Å². The molecule has 4 nitrogen and oxygen atoms in total. The van der Waals surface area contributed by atoms with Crippen molar-refractivity contribution in [1.29, 1.82) is 0 Å². The molecule has 0 aromatic heterocycles. The third-order valence-corrected chi connectivity index (χ3v) is 2.44. The highest BCUT2D eigenvalue weighted by Gasteiger charge is 2.20. The number of nitrogens with one attached hydrogen (secondary N) is 1. The molecule has 4 N–H and O–H groups in total. The van der Waals surface area contributed by atoms with Crippen LogP contribution in [-0.4, -0.2) is 17.1 Å². The second-order valence-corrected chi connectivity index (χ2v) is 4.11. The van der Waals surface area contributed by atoms with Crippen molar-refractivity contribution in [3.05, 3.63) is 29.8 Å². The van der Waals surface area contributed by atoms with E-state index < -0.39 is 12.0 Å². The number of carboxylic acids is 1. The molecule has 1 aromatic rings. The van der Waals surface area contributed by atoms with E-state index in [4.69, 9.17) is 10.8 Å². The number of carboxylic acid groups (broad SMARTS) is 1. The Bertz CT molecular complexity index is 347. The average molecular weight is 222 g/mol. The summed E-state index contributed by atoms with van der Waals surface area (Å²) in [6.45, 7) is 4.24. The van der Waals surface area contributed by atoms with Gasteiger partial charge in [0.25, 0.3) is 0 Å². The maximum atomic E-state index is 11.0. The van der Waals surface area contributed by atoms with Gasteiger partial charge < -0.3 is 16.2 Å². The lowest BCUT2D eigenvalue weighted by Crippen LogP contribution is -2.34. The molecule has 0 saturated heterocycles. The minimum absolute atomic E-state index is 0.0340. The molecule has 0 radical (unpaired) electrons. The molecular formula is C12H18N2O2. The van der Waals surface area contributed by atoms with Crippen molar-refractivity contribution in [1.82, 2.24) is 0 Å². The van der Waals surface area contributed by atoms with Gasteiger partial charge in [0.2, 0.25) is 0 Å². The van der Waals surface area contributed by atoms with E-state index in [9.17, 15) is 4.79 Å². The fourth-order valence-electron chi connectivity index (χ4n) is 1.43. The highest BCUT2D eigenvalue weighted by atomic mass is 16.4. The molecule has 0 aliphatic carbocycles. The van der Waals surface area contributed by atoms with Crippen molar-refractivity contribution in [2.75, 3.05) is 5.32 Å². The number of hydrogen-bond donors (Lipinski definition) is 3. The molecule has 0 saturated carbocycles. The minimum atomic E-state index is -0.835. The summed E-state index contributed by atoms with van der Waals surface area (Å²) in [5.41, 5.74) is 7.32. The third kappa shape index (κ3) is 3.24. The molecule has 0 aliphatic heterocycles. The predicted octanol–water partition coefficient (Wildman–Crippen LogP) is 1.67. The van der Waals surface area contributed by atoms with Gasteiger partial charge in [0.1, 0.15) is 6.04 Å². The highest BCUT2D eigenvalue weighted by Crippen LogP contribution is 2.14. The lowest BCUT2D eigenvalue weighted by molar-refractivity contribution is -0.138. The van der Waals surface area contributed by atoms with Crippen LogP contribution in [0.15, 0.2) is 24.3 Å². The van der Waals surface area contributed by atoms with Gasteiger partial charge >= 0.3 is 5.97 Å². The summed E-state index contributed by atoms with van der Waals surface area (Å²) >= 11 is 0. The summed E-state index contributed by atoms with van der Waals surface area (Å²) < 4.78 is 0. The molecule has 16 heavy (non-hydrogen) atoms. The van der Waals surface area contributed by atoms with E-state index in [0.29, 0.717) is 6.54 Å². The van der Waals surface area contributed by atoms with Crippen LogP contribution < -0.4 is 11.1 Å². The van der Waals surface area contributed by atoms with Gasteiger partial charge in [-0.3, -0.25) is 0 Å². The number of benzene rings is 1. The van der Waals surface area contributed by atoms with Crippen molar-refractivity contribution >= 4 is 11.7 Å². The van der Waals surface area contributed by atoms with Gasteiger partial charge in [0, 0.05) is 12.2 Å². The Morgan fingerprint density at radius 1 is 1.38 bits per heavy atom. The van der Waals surface area contributed by atoms with Crippen molar-refractivity contribution in [3.8, 4) is 0 Å². The Kier molecular flexibility index (Phi) is 4.31. The zero-order valence-electron chi connectivity index (χ0n) is 9.60. The van der Waals surface area contributed by atoms with Crippen LogP contribution >= 0.6 is 0 Å². The fourth-order valence-corrected chi connectivity index (χ4v) is 1.43. The molecule has 4 heteroatoms. The average Bonchev–Trinajstić information content (AvgIpc) is 2.25. The molecule has 0 spiro atoms. The quantitative estimate of drug-likeness (QED) is 0.708. The first kappa shape index (κ1) is 12.5. The first-order valence-electron chi connectivity index (χ1n) is 5.33. The molecule has 0 fully saturated rings. The van der Waals surface area contributed by atoms with Crippen LogP contribution in [0.2, 0.25) is 0 Å². The summed E-state index contributed by atoms with van der Waals surface area (Å²) in [4.78, 5) is 11.0. The maximum Gasteiger partial charge on any atom is 0.326 e. The fraction of sp³-hybridized carbons (Fsp3) is 0.417. The Morgan fingerprint density at radius 3 is 2.31 bits per heavy atom. The summed E-state index contributed by atoms with van der Waals surface area (Å²) in [6, 6.07) is 6.91. The largest absolute Gasteiger partial charge is 0.480 e. The zero-order chi connectivity index (χ0) is 12.1. The van der Waals surface area contributed by atoms with Gasteiger partial charge in [0.15, 0.2) is 0 Å². The number of nitrogens with two attached hydrogens (primary N) is 1. The minimum Gasteiger partial charge on any atom is -0.480 e. The Morgan fingerprint density at radius 2 is 1.94 bits per heavy atom. The van der Waals surface area contributed by atoms with E-state index in [-0.39, 0.29) is 5.92 Å². The van der Waals surface area contributed by atoms with Crippen LogP contribution in [0.4, 0.5) is 5.69 Å². The van der Waals surface area contributed by atoms with E-state index in [2.05, 4.69) is 5.32 Å². The molecule has 0 heterocycles. The predicted molar refractivity (Wildman–Crippen MR) is 64.2 cm³/mol. The summed E-state index contributed by atoms with van der Waals surface area (Å²) in [6.07, 6.45) is 0. The first-order chi connectivity index (χ1) is 7.54. The number of rotatable bonds is 5. The topological polar surface area (TPSA) is 75.3 Å². The Labute approximate surface area is 95.5 Å². The van der Waals surface area contributed by atoms with Crippen molar-refractivity contribution < 1.29 is 9.90 Å². The summed E-state index contributed by atoms with van der Waals surface area (Å²) in [7, 11) is 0. The standard InChI is InChI=1S/C12H18N2O2/c1-8(2)11(12(15)16)14-10-5-3-9(7-13)4-6-10/h3-6,8,11,14H,7,13H2,1-2H3,(H,15,16)/t11-/m0/s1. The Hall–Kier alpha value is -1.55. The Balaban J connectivity index is 2.74. The van der Waals surface area contributed by atoms with Crippen molar-refractivity contribution in [3.63, 3.8) is 0 Å². The van der Waals surface area contributed by atoms with E-state index in [1.165, 1.54) is 0 Å². The summed E-state index contributed by atoms with van der Waals surface area (Å²) in [5, 5.41) is 12.0. The maximum absolute atomic E-state index is 11.0. The highest BCUT2D eigenvalue weighted by molar-refractivity contribution is 5.77. The second-order valence-electron chi connectivity index (χ2n) is 4.11. The van der Waals surface area contributed by atoms with E-state index >= 15 is 0 Å². The molecule has 1 aromatic carbocycles. The van der Waals surface area contributed by atoms with Gasteiger partial charge in [-0.25, -0.2) is 4.79 Å². The number of anilines is 1. The van der Waals surface area contributed by atoms with Crippen molar-refractivity contribution in [2.45, 2.75) is 26.4 Å². The second kappa shape index (κ2) is 5.51. The van der Waals surface area contributed by atoms with Crippen LogP contribution in [0.5, 0.6) is 0 Å². The molecule has 0 aliphatic rings. The van der Waals surface area contributed by atoms with Crippen LogP contribution in [0.25, 0.3) is 0 Å². The molecule has 1 atom stereocenters. The van der Waals surface area contributed by atoms with Crippen molar-refractivity contribution in [2.24, 2.45) is 11.7 Å². The lowest BCUT2D eigenvalue weighted by atomic mass is 10.0. The number of hydrogen-bond acceptors (Lipinski definition) is 3. The molecule has 0 amide bonds. The molecule has 88 valence electrons. The smallest absolute Gasteiger partial charge is 0.326 e. The van der Waals surface area contributed by atoms with Gasteiger partial charge in [-0.15, -0.1) is 0 Å². The first-order valence-corrected chi connectivity index (χ1v) is 5.33. The lowest BCUT2D eigenvalue weighted by Gasteiger charge is -2.19. The van der Waals surface area contributed by atoms with E-state index in [0.717, 1.165) is 11.3 Å². The molecule has 0 unspecified atom stereocenters. The third-order valence-electron chi connectivity index (χ3n) is 2.44. The molecule has 0 bridgehead atoms. The van der Waals surface area contributed by atoms with Crippen LogP contribution in [0, 0.1) is 5.92 Å².